The van der Waals surface area contributed by atoms with E-state index in [1.54, 1.807) is 48.5 Å². The highest BCUT2D eigenvalue weighted by atomic mass is 19.2. The van der Waals surface area contributed by atoms with Gasteiger partial charge in [-0.2, -0.15) is 0 Å². The van der Waals surface area contributed by atoms with Crippen molar-refractivity contribution in [1.29, 1.82) is 0 Å². The fourth-order valence-electron chi connectivity index (χ4n) is 5.91. The summed E-state index contributed by atoms with van der Waals surface area (Å²) in [5, 5.41) is -1.00. The van der Waals surface area contributed by atoms with E-state index in [1.165, 1.54) is 0 Å². The highest BCUT2D eigenvalue weighted by molar-refractivity contribution is 6.07. The third-order valence-corrected chi connectivity index (χ3v) is 8.07. The summed E-state index contributed by atoms with van der Waals surface area (Å²) >= 11 is 0. The fraction of sp³-hybridized carbons (Fsp3) is 0. The van der Waals surface area contributed by atoms with E-state index in [2.05, 4.69) is 39.9 Å². The zero-order chi connectivity index (χ0) is 33.2. The lowest BCUT2D eigenvalue weighted by molar-refractivity contribution is 0.412. The van der Waals surface area contributed by atoms with Crippen molar-refractivity contribution in [3.8, 4) is 45.6 Å². The van der Waals surface area contributed by atoms with Gasteiger partial charge in [0, 0.05) is 21.9 Å². The van der Waals surface area contributed by atoms with Crippen LogP contribution in [0.4, 0.5) is 35.1 Å². The van der Waals surface area contributed by atoms with Crippen molar-refractivity contribution in [2.45, 2.75) is 0 Å². The minimum absolute atomic E-state index is 0.00835. The minimum atomic E-state index is -2.21. The number of hydrogen-bond donors (Lipinski definition) is 2. The van der Waals surface area contributed by atoms with E-state index in [4.69, 9.17) is 0 Å². The van der Waals surface area contributed by atoms with Gasteiger partial charge in [0.1, 0.15) is 22.6 Å². The normalized spacial score (nSPS) is 12.2. The van der Waals surface area contributed by atoms with Gasteiger partial charge in [0.2, 0.25) is 0 Å². The van der Waals surface area contributed by atoms with Gasteiger partial charge in [-0.3, -0.25) is 0 Å². The SMILES string of the molecule is Fc1c(F)c(F)c2c(c1F)-c1nc-2nc2[nH]c(nc3nc(nc4[nH]c(n1)c1ccccc41)-c1ccccc1-3)c1c(F)c(F)c(F)c(F)c21. The minimum Gasteiger partial charge on any atom is -0.324 e. The summed E-state index contributed by atoms with van der Waals surface area (Å²) in [5.41, 5.74) is -2.33. The Bertz CT molecular complexity index is 2790. The van der Waals surface area contributed by atoms with Crippen LogP contribution in [-0.2, 0) is 0 Å². The molecule has 0 saturated carbocycles. The first-order chi connectivity index (χ1) is 23.1. The molecule has 234 valence electrons. The molecule has 2 aliphatic rings. The quantitative estimate of drug-likeness (QED) is 0.0972. The van der Waals surface area contributed by atoms with Gasteiger partial charge >= 0.3 is 0 Å². The Morgan fingerprint density at radius 3 is 1.21 bits per heavy atom. The van der Waals surface area contributed by atoms with Crippen LogP contribution in [0.2, 0.25) is 0 Å². The average Bonchev–Trinajstić information content (AvgIpc) is 3.83. The van der Waals surface area contributed by atoms with Crippen LogP contribution < -0.4 is 0 Å². The highest BCUT2D eigenvalue weighted by Gasteiger charge is 2.34. The molecule has 4 aromatic carbocycles. The van der Waals surface area contributed by atoms with Crippen molar-refractivity contribution >= 4 is 44.1 Å². The van der Waals surface area contributed by atoms with Crippen molar-refractivity contribution in [2.24, 2.45) is 0 Å². The van der Waals surface area contributed by atoms with Crippen molar-refractivity contribution in [2.75, 3.05) is 0 Å². The van der Waals surface area contributed by atoms with Crippen molar-refractivity contribution in [3.63, 3.8) is 0 Å². The maximum Gasteiger partial charge on any atom is 0.198 e. The summed E-state index contributed by atoms with van der Waals surface area (Å²) in [6, 6.07) is 13.3. The Labute approximate surface area is 259 Å². The van der Waals surface area contributed by atoms with Gasteiger partial charge in [0.25, 0.3) is 0 Å². The summed E-state index contributed by atoms with van der Waals surface area (Å²) in [5.74, 6) is -17.9. The molecule has 2 aliphatic heterocycles. The molecule has 2 N–H and O–H groups in total. The summed E-state index contributed by atoms with van der Waals surface area (Å²) in [6.45, 7) is 0. The maximum absolute atomic E-state index is 15.4. The second-order valence-corrected chi connectivity index (χ2v) is 10.7. The van der Waals surface area contributed by atoms with Crippen LogP contribution in [0.15, 0.2) is 48.5 Å². The molecule has 0 aliphatic carbocycles. The van der Waals surface area contributed by atoms with Crippen LogP contribution in [-0.4, -0.2) is 39.9 Å². The number of rotatable bonds is 0. The van der Waals surface area contributed by atoms with Crippen LogP contribution >= 0.6 is 0 Å². The summed E-state index contributed by atoms with van der Waals surface area (Å²) in [7, 11) is 0. The smallest absolute Gasteiger partial charge is 0.198 e. The number of halogens is 8. The number of fused-ring (bicyclic) bond motifs is 20. The number of aromatic nitrogens is 8. The van der Waals surface area contributed by atoms with E-state index in [0.29, 0.717) is 21.9 Å². The molecule has 48 heavy (non-hydrogen) atoms. The number of aromatic amines is 2. The highest BCUT2D eigenvalue weighted by Crippen LogP contribution is 2.42. The van der Waals surface area contributed by atoms with Gasteiger partial charge in [-0.05, 0) is 0 Å². The van der Waals surface area contributed by atoms with Crippen LogP contribution in [0.25, 0.3) is 89.7 Å². The Morgan fingerprint density at radius 2 is 0.708 bits per heavy atom. The van der Waals surface area contributed by atoms with Gasteiger partial charge in [-0.15, -0.1) is 0 Å². The summed E-state index contributed by atoms with van der Waals surface area (Å²) in [4.78, 5) is 31.1. The zero-order valence-corrected chi connectivity index (χ0v) is 23.3. The third-order valence-electron chi connectivity index (χ3n) is 8.07. The maximum atomic E-state index is 15.4. The van der Waals surface area contributed by atoms with E-state index in [0.717, 1.165) is 0 Å². The van der Waals surface area contributed by atoms with E-state index in [-0.39, 0.29) is 22.9 Å². The second-order valence-electron chi connectivity index (χ2n) is 10.7. The summed E-state index contributed by atoms with van der Waals surface area (Å²) < 4.78 is 120. The van der Waals surface area contributed by atoms with Gasteiger partial charge < -0.3 is 9.97 Å². The molecule has 8 nitrogen and oxygen atoms in total. The molecule has 0 amide bonds. The number of H-pyrrole nitrogens is 2. The predicted molar refractivity (Wildman–Crippen MR) is 156 cm³/mol. The van der Waals surface area contributed by atoms with Gasteiger partial charge in [0.15, 0.2) is 69.8 Å². The van der Waals surface area contributed by atoms with E-state index in [1.807, 2.05) is 0 Å². The second kappa shape index (κ2) is 9.60. The van der Waals surface area contributed by atoms with Gasteiger partial charge in [-0.25, -0.2) is 65.0 Å². The number of benzene rings is 4. The first-order valence-electron chi connectivity index (χ1n) is 13.8. The topological polar surface area (TPSA) is 109 Å². The number of nitrogens with one attached hydrogen (secondary N) is 2. The van der Waals surface area contributed by atoms with Crippen molar-refractivity contribution in [3.05, 3.63) is 95.1 Å². The predicted octanol–water partition coefficient (Wildman–Crippen LogP) is 7.98. The van der Waals surface area contributed by atoms with Crippen molar-refractivity contribution < 1.29 is 35.1 Å². The van der Waals surface area contributed by atoms with Crippen LogP contribution in [0.3, 0.4) is 0 Å². The summed E-state index contributed by atoms with van der Waals surface area (Å²) in [6.07, 6.45) is 0. The van der Waals surface area contributed by atoms with E-state index >= 15 is 17.6 Å². The largest absolute Gasteiger partial charge is 0.324 e. The molecule has 5 heterocycles. The van der Waals surface area contributed by atoms with Gasteiger partial charge in [-0.1, -0.05) is 48.5 Å². The zero-order valence-electron chi connectivity index (χ0n) is 23.3. The fourth-order valence-corrected chi connectivity index (χ4v) is 5.91. The standard InChI is InChI=1S/C32H10F8N8/c33-17-13-15(19(35)23(39)21(17)37)31-46-29(13)44-27-11-7-3-1-5-9(11)25(42-27)41-26-10-6-2-4-8-12(10)28(43-26)45-30-14-16(32(47-30)48-31)20(36)24(40)22(38)18(14)34/h1-8H,(H2,41,42,43,44,45,46,47,48). The molecule has 0 fully saturated rings. The number of nitrogens with zero attached hydrogens (tertiary/aromatic N) is 6. The molecule has 0 spiro atoms. The molecule has 0 radical (unpaired) electrons. The van der Waals surface area contributed by atoms with Crippen LogP contribution in [0.1, 0.15) is 0 Å². The van der Waals surface area contributed by atoms with Gasteiger partial charge in [0.05, 0.1) is 21.9 Å². The Kier molecular flexibility index (Phi) is 5.59. The molecule has 8 bridgehead atoms. The lowest BCUT2D eigenvalue weighted by Crippen LogP contribution is -2.01. The third kappa shape index (κ3) is 3.64. The molecule has 0 saturated heterocycles. The Morgan fingerprint density at radius 1 is 0.354 bits per heavy atom. The lowest BCUT2D eigenvalue weighted by atomic mass is 10.1. The molecule has 9 rings (SSSR count). The first-order valence-corrected chi connectivity index (χ1v) is 13.8. The molecular formula is C32H10F8N8. The molecule has 16 heteroatoms. The lowest BCUT2D eigenvalue weighted by Gasteiger charge is -2.05. The van der Waals surface area contributed by atoms with E-state index in [9.17, 15) is 17.6 Å². The first kappa shape index (κ1) is 27.9. The number of hydrogen-bond acceptors (Lipinski definition) is 6. The molecule has 3 aromatic heterocycles. The molecular weight excluding hydrogens is 648 g/mol. The van der Waals surface area contributed by atoms with Crippen LogP contribution in [0.5, 0.6) is 0 Å². The Hall–Kier alpha value is -6.32. The van der Waals surface area contributed by atoms with Crippen molar-refractivity contribution in [1.82, 2.24) is 39.9 Å². The monoisotopic (exact) mass is 658 g/mol. The molecule has 0 atom stereocenters. The molecule has 7 aromatic rings. The average molecular weight is 658 g/mol. The Balaban J connectivity index is 1.56. The molecule has 0 unspecified atom stereocenters. The van der Waals surface area contributed by atoms with Crippen LogP contribution in [0, 0.1) is 46.5 Å². The van der Waals surface area contributed by atoms with E-state index < -0.39 is 91.4 Å².